The Morgan fingerprint density at radius 2 is 2.00 bits per heavy atom. The summed E-state index contributed by atoms with van der Waals surface area (Å²) in [6.07, 6.45) is 3.32. The first-order chi connectivity index (χ1) is 12.1. The van der Waals surface area contributed by atoms with Crippen LogP contribution in [0.4, 0.5) is 4.39 Å². The predicted molar refractivity (Wildman–Crippen MR) is 95.2 cm³/mol. The first-order valence-corrected chi connectivity index (χ1v) is 8.31. The van der Waals surface area contributed by atoms with Crippen LogP contribution in [0.5, 0.6) is 0 Å². The molecule has 1 atom stereocenters. The van der Waals surface area contributed by atoms with Gasteiger partial charge in [0.05, 0.1) is 12.5 Å². The molecule has 134 valence electrons. The average Bonchev–Trinajstić information content (AvgIpc) is 2.59. The lowest BCUT2D eigenvalue weighted by molar-refractivity contribution is -0.138. The monoisotopic (exact) mass is 345 g/mol. The zero-order chi connectivity index (χ0) is 18.2. The molecule has 25 heavy (non-hydrogen) atoms. The van der Waals surface area contributed by atoms with Gasteiger partial charge in [0, 0.05) is 38.3 Å². The normalized spacial score (nSPS) is 17.6. The van der Waals surface area contributed by atoms with Gasteiger partial charge in [0.15, 0.2) is 0 Å². The summed E-state index contributed by atoms with van der Waals surface area (Å²) in [6.45, 7) is 9.44. The highest BCUT2D eigenvalue weighted by Gasteiger charge is 2.33. The van der Waals surface area contributed by atoms with E-state index in [1.165, 1.54) is 6.07 Å². The van der Waals surface area contributed by atoms with Crippen LogP contribution in [0.2, 0.25) is 0 Å². The summed E-state index contributed by atoms with van der Waals surface area (Å²) in [6, 6.07) is 5.87. The molecule has 1 aromatic carbocycles. The highest BCUT2D eigenvalue weighted by atomic mass is 19.1. The number of carbonyl (C=O) groups is 2. The molecule has 0 saturated carbocycles. The molecule has 1 aliphatic rings. The topological polar surface area (TPSA) is 52.7 Å². The minimum Gasteiger partial charge on any atom is -0.353 e. The van der Waals surface area contributed by atoms with Gasteiger partial charge < -0.3 is 10.2 Å². The largest absolute Gasteiger partial charge is 0.353 e. The smallest absolute Gasteiger partial charge is 0.237 e. The second-order valence-electron chi connectivity index (χ2n) is 5.95. The zero-order valence-electron chi connectivity index (χ0n) is 14.3. The number of amides is 2. The fraction of sp³-hybridized carbons (Fsp3) is 0.368. The Morgan fingerprint density at radius 1 is 1.32 bits per heavy atom. The predicted octanol–water partition coefficient (Wildman–Crippen LogP) is 1.72. The van der Waals surface area contributed by atoms with Crippen molar-refractivity contribution in [2.75, 3.05) is 26.2 Å². The van der Waals surface area contributed by atoms with Crippen LogP contribution in [0, 0.1) is 5.82 Å². The van der Waals surface area contributed by atoms with Crippen molar-refractivity contribution in [1.29, 1.82) is 0 Å². The van der Waals surface area contributed by atoms with E-state index in [-0.39, 0.29) is 24.1 Å². The maximum absolute atomic E-state index is 13.9. The van der Waals surface area contributed by atoms with Gasteiger partial charge in [-0.05, 0) is 6.07 Å². The van der Waals surface area contributed by atoms with Crippen molar-refractivity contribution >= 4 is 11.8 Å². The van der Waals surface area contributed by atoms with Gasteiger partial charge >= 0.3 is 0 Å². The molecule has 1 saturated heterocycles. The van der Waals surface area contributed by atoms with Crippen LogP contribution in [0.1, 0.15) is 12.0 Å². The van der Waals surface area contributed by atoms with Gasteiger partial charge in [-0.2, -0.15) is 0 Å². The molecule has 0 bridgehead atoms. The van der Waals surface area contributed by atoms with Crippen molar-refractivity contribution < 1.29 is 14.0 Å². The van der Waals surface area contributed by atoms with Gasteiger partial charge in [-0.3, -0.25) is 14.5 Å². The summed E-state index contributed by atoms with van der Waals surface area (Å²) < 4.78 is 13.9. The van der Waals surface area contributed by atoms with Crippen molar-refractivity contribution in [2.45, 2.75) is 19.0 Å². The third kappa shape index (κ3) is 5.00. The van der Waals surface area contributed by atoms with E-state index in [4.69, 9.17) is 0 Å². The SMILES string of the molecule is C=CCN(CC=C)C(=O)CC1C(=O)NCCN1Cc1ccccc1F. The average molecular weight is 345 g/mol. The molecule has 1 heterocycles. The molecule has 0 spiro atoms. The lowest BCUT2D eigenvalue weighted by Gasteiger charge is -2.35. The molecular formula is C19H24FN3O2. The Hall–Kier alpha value is -2.47. The van der Waals surface area contributed by atoms with Crippen LogP contribution in [0.3, 0.4) is 0 Å². The Morgan fingerprint density at radius 3 is 2.64 bits per heavy atom. The first-order valence-electron chi connectivity index (χ1n) is 8.31. The molecule has 5 nitrogen and oxygen atoms in total. The number of hydrogen-bond donors (Lipinski definition) is 1. The van der Waals surface area contributed by atoms with Gasteiger partial charge in [0.2, 0.25) is 11.8 Å². The molecule has 1 unspecified atom stereocenters. The highest BCUT2D eigenvalue weighted by molar-refractivity contribution is 5.89. The summed E-state index contributed by atoms with van der Waals surface area (Å²) in [4.78, 5) is 28.3. The van der Waals surface area contributed by atoms with Gasteiger partial charge in [-0.1, -0.05) is 30.4 Å². The van der Waals surface area contributed by atoms with Crippen molar-refractivity contribution in [3.05, 3.63) is 61.0 Å². The van der Waals surface area contributed by atoms with Gasteiger partial charge in [-0.25, -0.2) is 4.39 Å². The number of rotatable bonds is 8. The van der Waals surface area contributed by atoms with Crippen molar-refractivity contribution in [3.63, 3.8) is 0 Å². The van der Waals surface area contributed by atoms with Gasteiger partial charge in [0.25, 0.3) is 0 Å². The Bertz CT molecular complexity index is 637. The number of nitrogens with one attached hydrogen (secondary N) is 1. The van der Waals surface area contributed by atoms with Crippen LogP contribution in [0.25, 0.3) is 0 Å². The fourth-order valence-corrected chi connectivity index (χ4v) is 2.90. The van der Waals surface area contributed by atoms with Crippen LogP contribution in [-0.4, -0.2) is 53.8 Å². The maximum Gasteiger partial charge on any atom is 0.237 e. The molecule has 2 amide bonds. The third-order valence-corrected chi connectivity index (χ3v) is 4.19. The van der Waals surface area contributed by atoms with E-state index in [0.29, 0.717) is 38.3 Å². The fourth-order valence-electron chi connectivity index (χ4n) is 2.90. The first kappa shape index (κ1) is 18.9. The molecule has 1 aliphatic heterocycles. The molecule has 1 N–H and O–H groups in total. The van der Waals surface area contributed by atoms with Crippen molar-refractivity contribution in [3.8, 4) is 0 Å². The molecule has 0 aliphatic carbocycles. The van der Waals surface area contributed by atoms with E-state index in [1.54, 1.807) is 35.3 Å². The highest BCUT2D eigenvalue weighted by Crippen LogP contribution is 2.17. The number of benzene rings is 1. The molecule has 2 rings (SSSR count). The third-order valence-electron chi connectivity index (χ3n) is 4.19. The van der Waals surface area contributed by atoms with E-state index < -0.39 is 6.04 Å². The number of hydrogen-bond acceptors (Lipinski definition) is 3. The van der Waals surface area contributed by atoms with Crippen molar-refractivity contribution in [1.82, 2.24) is 15.1 Å². The summed E-state index contributed by atoms with van der Waals surface area (Å²) in [5.41, 5.74) is 0.517. The number of nitrogens with zero attached hydrogens (tertiary/aromatic N) is 2. The molecule has 0 radical (unpaired) electrons. The van der Waals surface area contributed by atoms with E-state index >= 15 is 0 Å². The number of piperazine rings is 1. The van der Waals surface area contributed by atoms with Crippen molar-refractivity contribution in [2.24, 2.45) is 0 Å². The summed E-state index contributed by atoms with van der Waals surface area (Å²) in [7, 11) is 0. The molecule has 6 heteroatoms. The molecule has 1 aromatic rings. The number of halogens is 1. The zero-order valence-corrected chi connectivity index (χ0v) is 14.3. The van der Waals surface area contributed by atoms with Gasteiger partial charge in [-0.15, -0.1) is 13.2 Å². The minimum atomic E-state index is -0.613. The van der Waals surface area contributed by atoms with Crippen LogP contribution in [0.15, 0.2) is 49.6 Å². The maximum atomic E-state index is 13.9. The standard InChI is InChI=1S/C19H24FN3O2/c1-3-10-22(11-4-2)18(24)13-17-19(25)21-9-12-23(17)14-15-7-5-6-8-16(15)20/h3-8,17H,1-2,9-14H2,(H,21,25). The van der Waals surface area contributed by atoms with E-state index in [9.17, 15) is 14.0 Å². The summed E-state index contributed by atoms with van der Waals surface area (Å²) in [5.74, 6) is -0.660. The van der Waals surface area contributed by atoms with E-state index in [0.717, 1.165) is 0 Å². The molecular weight excluding hydrogens is 321 g/mol. The summed E-state index contributed by atoms with van der Waals surface area (Å²) >= 11 is 0. The van der Waals surface area contributed by atoms with Crippen LogP contribution >= 0.6 is 0 Å². The van der Waals surface area contributed by atoms with E-state index in [1.807, 2.05) is 4.90 Å². The molecule has 1 fully saturated rings. The van der Waals surface area contributed by atoms with Gasteiger partial charge in [0.1, 0.15) is 5.82 Å². The lowest BCUT2D eigenvalue weighted by atomic mass is 10.1. The lowest BCUT2D eigenvalue weighted by Crippen LogP contribution is -2.56. The van der Waals surface area contributed by atoms with Crippen LogP contribution in [-0.2, 0) is 16.1 Å². The Balaban J connectivity index is 2.12. The Kier molecular flexibility index (Phi) is 6.89. The molecule has 0 aromatic heterocycles. The second kappa shape index (κ2) is 9.13. The quantitative estimate of drug-likeness (QED) is 0.730. The van der Waals surface area contributed by atoms with E-state index in [2.05, 4.69) is 18.5 Å². The summed E-state index contributed by atoms with van der Waals surface area (Å²) in [5, 5.41) is 2.79. The van der Waals surface area contributed by atoms with Crippen LogP contribution < -0.4 is 5.32 Å². The number of carbonyl (C=O) groups excluding carboxylic acids is 2. The second-order valence-corrected chi connectivity index (χ2v) is 5.95. The Labute approximate surface area is 147 Å². The minimum absolute atomic E-state index is 0.0436.